The molecule has 0 saturated carbocycles. The molecule has 0 bridgehead atoms. The minimum absolute atomic E-state index is 0.263. The van der Waals surface area contributed by atoms with Crippen LogP contribution in [0.4, 0.5) is 20.2 Å². The van der Waals surface area contributed by atoms with Crippen LogP contribution in [0.15, 0.2) is 72.8 Å². The van der Waals surface area contributed by atoms with E-state index in [-0.39, 0.29) is 11.6 Å². The molecule has 0 unspecified atom stereocenters. The Morgan fingerprint density at radius 1 is 0.513 bits per heavy atom. The second kappa shape index (κ2) is 11.1. The zero-order valence-corrected chi connectivity index (χ0v) is 22.5. The van der Waals surface area contributed by atoms with Gasteiger partial charge in [0.2, 0.25) is 6.67 Å². The Balaban J connectivity index is 1.33. The Hall–Kier alpha value is -4.54. The molecule has 1 fully saturated rings. The molecule has 2 nitrogen and oxygen atoms in total. The van der Waals surface area contributed by atoms with Gasteiger partial charge in [-0.2, -0.15) is 0 Å². The van der Waals surface area contributed by atoms with Crippen LogP contribution in [0.5, 0.6) is 0 Å². The highest BCUT2D eigenvalue weighted by molar-refractivity contribution is 5.70. The van der Waals surface area contributed by atoms with Crippen molar-refractivity contribution in [2.24, 2.45) is 0 Å². The third-order valence-corrected chi connectivity index (χ3v) is 6.70. The van der Waals surface area contributed by atoms with Gasteiger partial charge in [-0.3, -0.25) is 0 Å². The highest BCUT2D eigenvalue weighted by atomic mass is 19.1. The molecule has 5 rings (SSSR count). The van der Waals surface area contributed by atoms with Gasteiger partial charge in [0, 0.05) is 46.7 Å². The maximum absolute atomic E-state index is 13.2. The largest absolute Gasteiger partial charge is 0.339 e. The number of hydrogen-bond acceptors (Lipinski definition) is 2. The van der Waals surface area contributed by atoms with Crippen LogP contribution >= 0.6 is 0 Å². The molecule has 0 aliphatic carbocycles. The molecule has 39 heavy (non-hydrogen) atoms. The molecule has 0 atom stereocenters. The molecule has 2 radical (unpaired) electrons. The Morgan fingerprint density at radius 3 is 1.15 bits per heavy atom. The summed E-state index contributed by atoms with van der Waals surface area (Å²) in [5.41, 5.74) is 10.2. The van der Waals surface area contributed by atoms with Crippen LogP contribution in [0.25, 0.3) is 0 Å². The van der Waals surface area contributed by atoms with Crippen LogP contribution in [-0.4, -0.2) is 13.1 Å². The molecule has 0 amide bonds. The van der Waals surface area contributed by atoms with Gasteiger partial charge >= 0.3 is 0 Å². The first-order valence-corrected chi connectivity index (χ1v) is 12.9. The first-order valence-electron chi connectivity index (χ1n) is 12.9. The van der Waals surface area contributed by atoms with Crippen LogP contribution in [0.2, 0.25) is 0 Å². The van der Waals surface area contributed by atoms with E-state index in [4.69, 9.17) is 0 Å². The van der Waals surface area contributed by atoms with Gasteiger partial charge in [0.05, 0.1) is 0 Å². The van der Waals surface area contributed by atoms with E-state index >= 15 is 0 Å². The topological polar surface area (TPSA) is 6.48 Å². The molecule has 1 aliphatic rings. The van der Waals surface area contributed by atoms with E-state index in [9.17, 15) is 8.78 Å². The van der Waals surface area contributed by atoms with Crippen molar-refractivity contribution < 1.29 is 8.78 Å². The zero-order valence-electron chi connectivity index (χ0n) is 22.5. The molecule has 1 aliphatic heterocycles. The molecule has 0 N–H and O–H groups in total. The van der Waals surface area contributed by atoms with Gasteiger partial charge in [-0.05, 0) is 123 Å². The minimum Gasteiger partial charge on any atom is -0.339 e. The molecule has 0 aromatic heterocycles. The summed E-state index contributed by atoms with van der Waals surface area (Å²) in [7, 11) is 0. The third kappa shape index (κ3) is 5.97. The second-order valence-corrected chi connectivity index (χ2v) is 9.83. The summed E-state index contributed by atoms with van der Waals surface area (Å²) in [6.07, 6.45) is 0. The van der Waals surface area contributed by atoms with Gasteiger partial charge < -0.3 is 9.80 Å². The number of hydrogen-bond donors (Lipinski definition) is 0. The summed E-state index contributed by atoms with van der Waals surface area (Å²) in [4.78, 5) is 4.37. The van der Waals surface area contributed by atoms with Gasteiger partial charge in [0.15, 0.2) is 0 Å². The van der Waals surface area contributed by atoms with Crippen molar-refractivity contribution in [2.75, 3.05) is 22.9 Å². The van der Waals surface area contributed by atoms with E-state index < -0.39 is 0 Å². The summed E-state index contributed by atoms with van der Waals surface area (Å²) in [6, 6.07) is 20.8. The summed E-state index contributed by atoms with van der Waals surface area (Å²) in [6.45, 7) is 13.6. The average Bonchev–Trinajstić information content (AvgIpc) is 3.36. The number of aryl methyl sites for hydroxylation is 4. The number of nitrogens with zero attached hydrogens (tertiary/aromatic N) is 2. The van der Waals surface area contributed by atoms with Crippen molar-refractivity contribution in [1.82, 2.24) is 0 Å². The summed E-state index contributed by atoms with van der Waals surface area (Å²) in [5, 5.41) is 0. The Morgan fingerprint density at radius 2 is 0.821 bits per heavy atom. The van der Waals surface area contributed by atoms with Crippen LogP contribution in [-0.2, 0) is 0 Å². The van der Waals surface area contributed by atoms with Gasteiger partial charge in [-0.1, -0.05) is 23.7 Å². The molecule has 192 valence electrons. The number of halogens is 2. The summed E-state index contributed by atoms with van der Waals surface area (Å²) in [5.74, 6) is 12.1. The Bertz CT molecular complexity index is 1470. The van der Waals surface area contributed by atoms with Crippen molar-refractivity contribution in [1.29, 1.82) is 0 Å². The smallest absolute Gasteiger partial charge is 0.208 e. The Labute approximate surface area is 229 Å². The third-order valence-electron chi connectivity index (χ3n) is 6.70. The fourth-order valence-corrected chi connectivity index (χ4v) is 5.03. The minimum atomic E-state index is -0.263. The molecule has 1 saturated heterocycles. The van der Waals surface area contributed by atoms with E-state index in [1.807, 2.05) is 0 Å². The van der Waals surface area contributed by atoms with Crippen molar-refractivity contribution in [3.8, 4) is 23.7 Å². The monoisotopic (exact) mass is 514 g/mol. The normalized spacial score (nSPS) is 12.6. The maximum atomic E-state index is 13.2. The SMILES string of the molecule is Cc1cc(C#Cc2ccc(F)cc2)cc(C)c1N1[C]N(c2c(C)cc(C#Cc3ccc(F)cc3)cc2C)CC1. The van der Waals surface area contributed by atoms with Crippen LogP contribution in [0.3, 0.4) is 0 Å². The van der Waals surface area contributed by atoms with E-state index in [0.29, 0.717) is 0 Å². The molecule has 4 aromatic carbocycles. The predicted molar refractivity (Wildman–Crippen MR) is 155 cm³/mol. The molecular weight excluding hydrogens is 486 g/mol. The molecule has 4 heteroatoms. The van der Waals surface area contributed by atoms with Crippen LogP contribution in [0.1, 0.15) is 44.5 Å². The maximum Gasteiger partial charge on any atom is 0.208 e. The van der Waals surface area contributed by atoms with Crippen molar-refractivity contribution in [2.45, 2.75) is 27.7 Å². The number of rotatable bonds is 2. The van der Waals surface area contributed by atoms with Crippen molar-refractivity contribution in [3.63, 3.8) is 0 Å². The zero-order chi connectivity index (χ0) is 27.5. The lowest BCUT2D eigenvalue weighted by Gasteiger charge is -2.24. The lowest BCUT2D eigenvalue weighted by Crippen LogP contribution is -2.21. The average molecular weight is 515 g/mol. The lowest BCUT2D eigenvalue weighted by atomic mass is 10.0. The van der Waals surface area contributed by atoms with E-state index in [0.717, 1.165) is 69.0 Å². The van der Waals surface area contributed by atoms with E-state index in [1.54, 1.807) is 24.3 Å². The van der Waals surface area contributed by atoms with Crippen molar-refractivity contribution >= 4 is 11.4 Å². The van der Waals surface area contributed by atoms with E-state index in [1.165, 1.54) is 24.3 Å². The fourth-order valence-electron chi connectivity index (χ4n) is 5.03. The second-order valence-electron chi connectivity index (χ2n) is 9.83. The summed E-state index contributed by atoms with van der Waals surface area (Å²) >= 11 is 0. The van der Waals surface area contributed by atoms with E-state index in [2.05, 4.69) is 92.1 Å². The first kappa shape index (κ1) is 26.1. The number of benzene rings is 4. The van der Waals surface area contributed by atoms with Gasteiger partial charge in [0.1, 0.15) is 11.6 Å². The first-order chi connectivity index (χ1) is 18.8. The molecule has 4 aromatic rings. The van der Waals surface area contributed by atoms with Crippen LogP contribution in [0, 0.1) is 69.7 Å². The quantitative estimate of drug-likeness (QED) is 0.259. The van der Waals surface area contributed by atoms with Gasteiger partial charge in [-0.15, -0.1) is 0 Å². The molecule has 1 heterocycles. The standard InChI is InChI=1S/C35H28F2N2/c1-24-19-30(7-5-28-9-13-32(36)14-10-28)20-25(2)34(24)38-17-18-39(23-38)35-26(3)21-31(22-27(35)4)8-6-29-11-15-33(37)16-12-29/h9-16,19-22H,17-18H2,1-4H3. The highest BCUT2D eigenvalue weighted by Crippen LogP contribution is 2.34. The highest BCUT2D eigenvalue weighted by Gasteiger charge is 2.27. The van der Waals surface area contributed by atoms with Crippen LogP contribution < -0.4 is 9.80 Å². The van der Waals surface area contributed by atoms with Crippen molar-refractivity contribution in [3.05, 3.63) is 136 Å². The fraction of sp³-hybridized carbons (Fsp3) is 0.171. The lowest BCUT2D eigenvalue weighted by molar-refractivity contribution is 0.627. The molecular formula is C35H28F2N2. The van der Waals surface area contributed by atoms with Gasteiger partial charge in [0.25, 0.3) is 0 Å². The molecule has 0 spiro atoms. The predicted octanol–water partition coefficient (Wildman–Crippen LogP) is 7.32. The Kier molecular flexibility index (Phi) is 7.40. The van der Waals surface area contributed by atoms with Gasteiger partial charge in [-0.25, -0.2) is 8.78 Å². The number of anilines is 2. The summed E-state index contributed by atoms with van der Waals surface area (Å²) < 4.78 is 26.3.